The Labute approximate surface area is 809 Å². The minimum Gasteiger partial charge on any atom is -0.508 e. The second-order valence-electron chi connectivity index (χ2n) is 36.1. The molecule has 3 aromatic heterocycles. The molecule has 3 aromatic carbocycles. The molecule has 44 nitrogen and oxygen atoms in total. The number of rotatable bonds is 29. The Morgan fingerprint density at radius 3 is 1.67 bits per heavy atom. The Morgan fingerprint density at radius 2 is 1.07 bits per heavy atom. The van der Waals surface area contributed by atoms with Gasteiger partial charge in [0.15, 0.2) is 5.96 Å². The fraction of sp³-hybridized carbons (Fsp3) is 0.543. The lowest BCUT2D eigenvalue weighted by atomic mass is 9.99. The SMILES string of the molecule is CCCC[C@H]1C(=O)N(C)[C@@H](CCCC)C(=O)N[C@@H](CCCNC(=N)N)C(=O)N[C@H](CC(=O)NCC(N)=O)CSCC(=O)N[C@@H](Cc2ccc(O)cc2)C(=O)N(C)[C@@H](C)C(=O)N[C@@H](CC(N)=O)C(=O)N2CCC[C@H]2C(=O)N[C@@H](Cc2cnc[nH]2)C(=O)N[C@@H](CC(C)C)C(=O)N2C[C@H](O)C[C@H]2C(=O)N[C@@H](Cc2c[nH]c3ccccc23)C(=O)N[C@@H](CCCN)C(=O)N[C@@H](Cc2c[nH]c3ccccc23)C(=O)N1C. The number of unbranched alkanes of at least 4 members (excludes halogenated alkanes) is 2. The van der Waals surface area contributed by atoms with Gasteiger partial charge in [0.25, 0.3) is 0 Å². The van der Waals surface area contributed by atoms with Crippen molar-refractivity contribution in [2.75, 3.05) is 65.4 Å². The summed E-state index contributed by atoms with van der Waals surface area (Å²) in [5, 5.41) is 61.1. The Morgan fingerprint density at radius 1 is 0.540 bits per heavy atom. The number of carbonyl (C=O) groups is 17. The van der Waals surface area contributed by atoms with Gasteiger partial charge in [-0.05, 0) is 118 Å². The lowest BCUT2D eigenvalue weighted by molar-refractivity contribution is -0.149. The van der Waals surface area contributed by atoms with Crippen LogP contribution in [-0.4, -0.2) is 317 Å². The fourth-order valence-corrected chi connectivity index (χ4v) is 18.3. The molecule has 6 heterocycles. The van der Waals surface area contributed by atoms with E-state index in [-0.39, 0.29) is 127 Å². The van der Waals surface area contributed by atoms with E-state index >= 15 is 43.2 Å². The van der Waals surface area contributed by atoms with E-state index < -0.39 is 229 Å². The normalized spacial score (nSPS) is 24.4. The van der Waals surface area contributed by atoms with E-state index in [4.69, 9.17) is 28.3 Å². The van der Waals surface area contributed by atoms with Crippen LogP contribution in [0.3, 0.4) is 0 Å². The van der Waals surface area contributed by atoms with Crippen molar-refractivity contribution in [3.05, 3.63) is 120 Å². The van der Waals surface area contributed by atoms with Crippen molar-refractivity contribution in [2.24, 2.45) is 28.9 Å². The summed E-state index contributed by atoms with van der Waals surface area (Å²) in [5.41, 5.74) is 26.1. The molecule has 3 aliphatic rings. The highest BCUT2D eigenvalue weighted by Gasteiger charge is 2.47. The number of carbonyl (C=O) groups excluding carboxylic acids is 17. The molecule has 25 N–H and O–H groups in total. The summed E-state index contributed by atoms with van der Waals surface area (Å²) in [4.78, 5) is 271. The summed E-state index contributed by atoms with van der Waals surface area (Å²) in [5.74, 6) is -16.6. The van der Waals surface area contributed by atoms with Crippen LogP contribution in [0.5, 0.6) is 5.75 Å². The van der Waals surface area contributed by atoms with Crippen molar-refractivity contribution in [1.29, 1.82) is 5.41 Å². The van der Waals surface area contributed by atoms with Crippen LogP contribution in [0.15, 0.2) is 97.7 Å². The zero-order valence-corrected chi connectivity index (χ0v) is 80.6. The highest BCUT2D eigenvalue weighted by Crippen LogP contribution is 2.29. The number of nitrogens with one attached hydrogen (secondary N) is 15. The first-order valence-corrected chi connectivity index (χ1v) is 48.3. The predicted molar refractivity (Wildman–Crippen MR) is 516 cm³/mol. The number of hydrogen-bond donors (Lipinski definition) is 21. The van der Waals surface area contributed by atoms with Gasteiger partial charge in [-0.15, -0.1) is 11.8 Å². The maximum Gasteiger partial charge on any atom is 0.246 e. The number of phenolic OH excluding ortho intramolecular Hbond substituents is 1. The number of benzene rings is 3. The summed E-state index contributed by atoms with van der Waals surface area (Å²) >= 11 is 0.877. The number of primary amides is 2. The molecule has 3 aliphatic heterocycles. The zero-order chi connectivity index (χ0) is 101. The first kappa shape index (κ1) is 109. The second-order valence-corrected chi connectivity index (χ2v) is 37.2. The quantitative estimate of drug-likeness (QED) is 0.0140. The van der Waals surface area contributed by atoms with Crippen LogP contribution in [0, 0.1) is 11.3 Å². The summed E-state index contributed by atoms with van der Waals surface area (Å²) in [6, 6.07) is -0.714. The Bertz CT molecular complexity index is 5310. The summed E-state index contributed by atoms with van der Waals surface area (Å²) in [7, 11) is 4.01. The smallest absolute Gasteiger partial charge is 0.246 e. The monoisotopic (exact) mass is 1950 g/mol. The molecule has 756 valence electrons. The van der Waals surface area contributed by atoms with Gasteiger partial charge in [0.1, 0.15) is 84.3 Å². The number of phenols is 1. The van der Waals surface area contributed by atoms with Crippen molar-refractivity contribution < 1.29 is 91.7 Å². The van der Waals surface area contributed by atoms with E-state index in [0.717, 1.165) is 26.5 Å². The van der Waals surface area contributed by atoms with Gasteiger partial charge in [-0.2, -0.15) is 0 Å². The third-order valence-electron chi connectivity index (χ3n) is 25.0. The number of amides is 17. The van der Waals surface area contributed by atoms with Crippen molar-refractivity contribution >= 4 is 140 Å². The Kier molecular flexibility index (Phi) is 41.3. The molecule has 0 saturated carbocycles. The lowest BCUT2D eigenvalue weighted by Gasteiger charge is -2.36. The zero-order valence-electron chi connectivity index (χ0n) is 79.8. The van der Waals surface area contributed by atoms with Crippen LogP contribution in [0.4, 0.5) is 0 Å². The minimum atomic E-state index is -1.77. The van der Waals surface area contributed by atoms with E-state index in [2.05, 4.69) is 78.4 Å². The number of aromatic hydroxyl groups is 1. The Hall–Kier alpha value is -13.7. The number of aliphatic hydroxyl groups excluding tert-OH is 1. The number of nitrogens with two attached hydrogens (primary N) is 4. The number of aliphatic hydroxyl groups is 1. The van der Waals surface area contributed by atoms with E-state index in [1.165, 1.54) is 74.7 Å². The highest BCUT2D eigenvalue weighted by atomic mass is 32.2. The lowest BCUT2D eigenvalue weighted by Crippen LogP contribution is -2.61. The second kappa shape index (κ2) is 52.7. The number of likely N-dealkylation sites (N-methyl/N-ethyl adjacent to an activating group) is 3. The topological polar surface area (TPSA) is 667 Å². The van der Waals surface area contributed by atoms with Crippen LogP contribution >= 0.6 is 11.8 Å². The third kappa shape index (κ3) is 31.4. The van der Waals surface area contributed by atoms with E-state index in [1.54, 1.807) is 62.6 Å². The third-order valence-corrected chi connectivity index (χ3v) is 26.1. The number of nitrogens with zero attached hydrogens (tertiary/aromatic N) is 6. The first-order chi connectivity index (χ1) is 66.3. The number of para-hydroxylation sites is 2. The molecule has 0 radical (unpaired) electrons. The van der Waals surface area contributed by atoms with Crippen molar-refractivity contribution in [3.8, 4) is 5.75 Å². The molecular weight excluding hydrogens is 1820 g/mol. The molecule has 0 unspecified atom stereocenters. The van der Waals surface area contributed by atoms with Crippen LogP contribution in [0.25, 0.3) is 21.8 Å². The average Bonchev–Trinajstić information content (AvgIpc) is 1.58. The highest BCUT2D eigenvalue weighted by molar-refractivity contribution is 8.00. The summed E-state index contributed by atoms with van der Waals surface area (Å²) in [6.45, 7) is 7.39. The molecule has 0 spiro atoms. The van der Waals surface area contributed by atoms with Crippen molar-refractivity contribution in [3.63, 3.8) is 0 Å². The molecule has 6 aromatic rings. The number of imidazole rings is 1. The minimum absolute atomic E-state index is 0.00493. The molecule has 3 saturated heterocycles. The van der Waals surface area contributed by atoms with Crippen molar-refractivity contribution in [1.82, 2.24) is 103 Å². The molecule has 9 rings (SSSR count). The van der Waals surface area contributed by atoms with Gasteiger partial charge in [-0.25, -0.2) is 4.98 Å². The number of guanidine groups is 1. The summed E-state index contributed by atoms with van der Waals surface area (Å²) in [6.07, 6.45) is 3.71. The largest absolute Gasteiger partial charge is 0.508 e. The molecule has 17 amide bonds. The average molecular weight is 1950 g/mol. The maximum atomic E-state index is 15.9. The molecule has 45 heteroatoms. The molecule has 15 atom stereocenters. The van der Waals surface area contributed by atoms with E-state index in [0.29, 0.717) is 69.9 Å². The maximum absolute atomic E-state index is 15.9. The predicted octanol–water partition coefficient (Wildman–Crippen LogP) is -1.79. The number of aromatic nitrogens is 4. The number of fused-ring (bicyclic) bond motifs is 4. The molecule has 0 aliphatic carbocycles. The number of thioether (sulfide) groups is 1. The van der Waals surface area contributed by atoms with Gasteiger partial charge < -0.3 is 131 Å². The first-order valence-electron chi connectivity index (χ1n) is 47.1. The number of hydrogen-bond acceptors (Lipinski definition) is 23. The molecule has 0 bridgehead atoms. The summed E-state index contributed by atoms with van der Waals surface area (Å²) < 4.78 is 0. The van der Waals surface area contributed by atoms with E-state index in [9.17, 15) is 48.6 Å². The van der Waals surface area contributed by atoms with Crippen LogP contribution in [-0.2, 0) is 107 Å². The Balaban J connectivity index is 1.12. The van der Waals surface area contributed by atoms with Crippen molar-refractivity contribution in [2.45, 2.75) is 254 Å². The molecule has 139 heavy (non-hydrogen) atoms. The van der Waals surface area contributed by atoms with Gasteiger partial charge in [0.05, 0.1) is 31.1 Å². The van der Waals surface area contributed by atoms with E-state index in [1.807, 2.05) is 26.0 Å². The van der Waals surface area contributed by atoms with Gasteiger partial charge in [-0.1, -0.05) is 102 Å². The van der Waals surface area contributed by atoms with Gasteiger partial charge in [-0.3, -0.25) is 86.9 Å². The van der Waals surface area contributed by atoms with Gasteiger partial charge >= 0.3 is 0 Å². The fourth-order valence-electron chi connectivity index (χ4n) is 17.4. The van der Waals surface area contributed by atoms with Crippen LogP contribution in [0.1, 0.15) is 160 Å². The van der Waals surface area contributed by atoms with Crippen LogP contribution < -0.4 is 81.4 Å². The molecular formula is C94H135N25O19S. The van der Waals surface area contributed by atoms with Gasteiger partial charge in [0, 0.05) is 137 Å². The number of H-pyrrole nitrogens is 3. The van der Waals surface area contributed by atoms with Gasteiger partial charge in [0.2, 0.25) is 100 Å². The molecule has 3 fully saturated rings. The van der Waals surface area contributed by atoms with Crippen LogP contribution in [0.2, 0.25) is 0 Å². The number of aromatic amines is 3. The standard InChI is InChI=1S/C94H135N25O19S/c1-9-11-26-73-86(131)109-66(25-18-34-101-94(98)99)82(127)106-58(41-79(124)104-47-78(97)123)49-139-50-80(125)107-70(37-54-29-31-59(120)32-30-54)89(134)115(6)53(5)81(126)112-72(43-77(96)122)91(136)118-35-19-28-74(118)87(132)111-68(40-57-46-100-51-105-57)85(130)113-69(36-52(3)4)92(137)119-48-60(121)42-76(119)88(133)110-67(38-55-44-102-63-22-15-13-20-61(55)63)84(129)108-65(24-17-33-95)83(128)114-71(39-56-45-103-64-23-16-14-21-62(56)64)90(135)117(8)75(27-12-10-2)93(138)116(73)7/h13-16,20-23,29-32,44-46,51-53,58,60,65-76,102-103,120-121H,9-12,17-19,24-28,33-43,47-50,95H2,1-8H3,(H2,96,122)(H2,97,123)(H,100,105)(H,104,124)(H,106,127)(H,107,125)(H,108,129)(H,109,131)(H,110,133)(H,111,132)(H,112,126)(H,113,130)(H,114,128)(H4,98,99,101)/t53-,58+,60+,65-,66-,67-,68-,69-,70-,71-,72-,73-,74-,75-,76-/m0/s1.